The number of methoxy groups -OCH3 is 1. The number of carbonyl (C=O) groups is 1. The number of thioether (sulfide) groups is 1. The maximum atomic E-state index is 13.4. The quantitative estimate of drug-likeness (QED) is 0.163. The van der Waals surface area contributed by atoms with Gasteiger partial charge in [-0.15, -0.1) is 10.2 Å². The normalized spacial score (nSPS) is 14.0. The third-order valence-electron chi connectivity index (χ3n) is 6.88. The highest BCUT2D eigenvalue weighted by Gasteiger charge is 2.31. The largest absolute Gasteiger partial charge is 0.495 e. The van der Waals surface area contributed by atoms with Crippen LogP contribution in [-0.4, -0.2) is 64.6 Å². The van der Waals surface area contributed by atoms with Gasteiger partial charge in [-0.3, -0.25) is 9.36 Å². The number of para-hydroxylation sites is 2. The first-order chi connectivity index (χ1) is 19.8. The Morgan fingerprint density at radius 1 is 1.00 bits per heavy atom. The van der Waals surface area contributed by atoms with Gasteiger partial charge in [0.1, 0.15) is 5.75 Å². The van der Waals surface area contributed by atoms with Crippen molar-refractivity contribution in [1.82, 2.24) is 19.7 Å². The van der Waals surface area contributed by atoms with Crippen LogP contribution in [0, 0.1) is 0 Å². The average Bonchev–Trinajstić information content (AvgIpc) is 3.67. The Labute approximate surface area is 240 Å². The highest BCUT2D eigenvalue weighted by molar-refractivity contribution is 7.99. The van der Waals surface area contributed by atoms with Crippen molar-refractivity contribution in [3.05, 3.63) is 72.5 Å². The van der Waals surface area contributed by atoms with E-state index >= 15 is 0 Å². The maximum absolute atomic E-state index is 13.4. The molecule has 2 aromatic carbocycles. The van der Waals surface area contributed by atoms with Crippen LogP contribution in [-0.2, 0) is 11.0 Å². The van der Waals surface area contributed by atoms with Gasteiger partial charge in [0, 0.05) is 38.4 Å². The third-order valence-corrected chi connectivity index (χ3v) is 7.90. The first-order valence-corrected chi connectivity index (χ1v) is 14.3. The van der Waals surface area contributed by atoms with Gasteiger partial charge in [-0.2, -0.15) is 13.2 Å². The summed E-state index contributed by atoms with van der Waals surface area (Å²) in [5.41, 5.74) is 0.570. The molecule has 4 aromatic rings. The van der Waals surface area contributed by atoms with E-state index in [-0.39, 0.29) is 5.91 Å². The van der Waals surface area contributed by atoms with Gasteiger partial charge >= 0.3 is 6.18 Å². The van der Waals surface area contributed by atoms with E-state index in [1.54, 1.807) is 29.9 Å². The molecule has 1 saturated heterocycles. The molecule has 0 spiro atoms. The molecule has 1 aliphatic heterocycles. The molecule has 1 fully saturated rings. The van der Waals surface area contributed by atoms with E-state index in [9.17, 15) is 18.0 Å². The molecule has 0 atom stereocenters. The Morgan fingerprint density at radius 3 is 2.54 bits per heavy atom. The highest BCUT2D eigenvalue weighted by Crippen LogP contribution is 2.34. The van der Waals surface area contributed by atoms with Gasteiger partial charge in [0.15, 0.2) is 10.9 Å². The zero-order valence-electron chi connectivity index (χ0n) is 22.5. The van der Waals surface area contributed by atoms with Gasteiger partial charge in [0.25, 0.3) is 0 Å². The number of carbonyl (C=O) groups excluding carboxylic acids is 1. The summed E-state index contributed by atoms with van der Waals surface area (Å²) < 4.78 is 52.7. The molecule has 0 bridgehead atoms. The van der Waals surface area contributed by atoms with Crippen molar-refractivity contribution >= 4 is 23.4 Å². The average molecular weight is 586 g/mol. The van der Waals surface area contributed by atoms with Gasteiger partial charge in [-0.1, -0.05) is 30.0 Å². The van der Waals surface area contributed by atoms with Gasteiger partial charge in [0.2, 0.25) is 11.7 Å². The van der Waals surface area contributed by atoms with Gasteiger partial charge in [0.05, 0.1) is 30.3 Å². The summed E-state index contributed by atoms with van der Waals surface area (Å²) in [6.45, 7) is 2.79. The van der Waals surface area contributed by atoms with Crippen LogP contribution < -0.4 is 9.64 Å². The maximum Gasteiger partial charge on any atom is 0.416 e. The van der Waals surface area contributed by atoms with Crippen LogP contribution in [0.4, 0.5) is 18.9 Å². The zero-order valence-corrected chi connectivity index (χ0v) is 23.3. The van der Waals surface area contributed by atoms with Crippen molar-refractivity contribution in [1.29, 1.82) is 0 Å². The van der Waals surface area contributed by atoms with Crippen LogP contribution in [0.1, 0.15) is 24.8 Å². The molecule has 3 heterocycles. The Bertz CT molecular complexity index is 1450. The van der Waals surface area contributed by atoms with Crippen LogP contribution in [0.3, 0.4) is 0 Å². The minimum atomic E-state index is -4.48. The predicted molar refractivity (Wildman–Crippen MR) is 150 cm³/mol. The monoisotopic (exact) mass is 585 g/mol. The molecule has 1 aliphatic rings. The molecule has 1 amide bonds. The van der Waals surface area contributed by atoms with E-state index in [0.29, 0.717) is 54.1 Å². The lowest BCUT2D eigenvalue weighted by molar-refractivity contribution is -0.137. The molecule has 0 N–H and O–H groups in total. The number of alkyl halides is 3. The Kier molecular flexibility index (Phi) is 8.87. The summed E-state index contributed by atoms with van der Waals surface area (Å²) in [5, 5.41) is 8.89. The molecule has 0 radical (unpaired) electrons. The topological polar surface area (TPSA) is 76.6 Å². The van der Waals surface area contributed by atoms with Crippen LogP contribution >= 0.6 is 11.8 Å². The van der Waals surface area contributed by atoms with Crippen molar-refractivity contribution in [2.75, 3.05) is 43.9 Å². The van der Waals surface area contributed by atoms with E-state index in [1.807, 2.05) is 29.2 Å². The molecular weight excluding hydrogens is 555 g/mol. The van der Waals surface area contributed by atoms with E-state index in [4.69, 9.17) is 9.15 Å². The molecule has 8 nitrogen and oxygen atoms in total. The summed E-state index contributed by atoms with van der Waals surface area (Å²) in [5.74, 6) is 2.30. The fourth-order valence-corrected chi connectivity index (χ4v) is 5.72. The lowest BCUT2D eigenvalue weighted by atomic mass is 10.2. The van der Waals surface area contributed by atoms with Crippen LogP contribution in [0.25, 0.3) is 17.3 Å². The fourth-order valence-electron chi connectivity index (χ4n) is 4.77. The van der Waals surface area contributed by atoms with Crippen molar-refractivity contribution < 1.29 is 27.1 Å². The van der Waals surface area contributed by atoms with Crippen molar-refractivity contribution in [3.8, 4) is 23.0 Å². The van der Waals surface area contributed by atoms with Gasteiger partial charge in [-0.05, 0) is 55.3 Å². The van der Waals surface area contributed by atoms with Crippen LogP contribution in [0.2, 0.25) is 0 Å². The standard InChI is InChI=1S/C29H30F3N5O3S/c1-39-24-11-3-2-10-23(24)35-14-16-36(17-15-35)26(38)13-4-5-19-41-28-34-33-27(25-12-7-18-40-25)37(28)22-9-6-8-21(20-22)29(30,31)32/h2-3,6-12,18,20H,4-5,13-17,19H2,1H3. The van der Waals surface area contributed by atoms with Gasteiger partial charge < -0.3 is 19.0 Å². The Balaban J connectivity index is 1.15. The number of halogens is 3. The summed E-state index contributed by atoms with van der Waals surface area (Å²) in [7, 11) is 1.66. The molecule has 2 aromatic heterocycles. The first kappa shape index (κ1) is 28.6. The van der Waals surface area contributed by atoms with E-state index in [1.165, 1.54) is 24.1 Å². The van der Waals surface area contributed by atoms with Crippen molar-refractivity contribution in [2.45, 2.75) is 30.6 Å². The molecular formula is C29H30F3N5O3S. The Hall–Kier alpha value is -3.93. The molecule has 5 rings (SSSR count). The summed E-state index contributed by atoms with van der Waals surface area (Å²) in [6.07, 6.45) is -1.13. The van der Waals surface area contributed by atoms with E-state index < -0.39 is 11.7 Å². The smallest absolute Gasteiger partial charge is 0.416 e. The van der Waals surface area contributed by atoms with Crippen LogP contribution in [0.15, 0.2) is 76.5 Å². The number of aromatic nitrogens is 3. The third kappa shape index (κ3) is 6.70. The van der Waals surface area contributed by atoms with Crippen molar-refractivity contribution in [3.63, 3.8) is 0 Å². The summed E-state index contributed by atoms with van der Waals surface area (Å²) >= 11 is 1.38. The van der Waals surface area contributed by atoms with E-state index in [0.717, 1.165) is 43.1 Å². The van der Waals surface area contributed by atoms with Gasteiger partial charge in [-0.25, -0.2) is 0 Å². The number of hydrogen-bond acceptors (Lipinski definition) is 7. The lowest BCUT2D eigenvalue weighted by Crippen LogP contribution is -2.48. The first-order valence-electron chi connectivity index (χ1n) is 13.3. The summed E-state index contributed by atoms with van der Waals surface area (Å²) in [4.78, 5) is 17.0. The minimum Gasteiger partial charge on any atom is -0.495 e. The number of hydrogen-bond donors (Lipinski definition) is 0. The minimum absolute atomic E-state index is 0.127. The number of benzene rings is 2. The van der Waals surface area contributed by atoms with Crippen LogP contribution in [0.5, 0.6) is 5.75 Å². The zero-order chi connectivity index (χ0) is 28.8. The lowest BCUT2D eigenvalue weighted by Gasteiger charge is -2.36. The number of unbranched alkanes of at least 4 members (excludes halogenated alkanes) is 1. The number of furan rings is 1. The molecule has 0 unspecified atom stereocenters. The molecule has 0 saturated carbocycles. The number of nitrogens with zero attached hydrogens (tertiary/aromatic N) is 5. The second kappa shape index (κ2) is 12.7. The molecule has 41 heavy (non-hydrogen) atoms. The Morgan fingerprint density at radius 2 is 1.80 bits per heavy atom. The van der Waals surface area contributed by atoms with Crippen molar-refractivity contribution in [2.24, 2.45) is 0 Å². The summed E-state index contributed by atoms with van der Waals surface area (Å²) in [6, 6.07) is 16.3. The number of anilines is 1. The molecule has 216 valence electrons. The second-order valence-corrected chi connectivity index (χ2v) is 10.6. The van der Waals surface area contributed by atoms with E-state index in [2.05, 4.69) is 15.1 Å². The number of amides is 1. The number of ether oxygens (including phenoxy) is 1. The number of piperazine rings is 1. The number of rotatable bonds is 10. The molecule has 0 aliphatic carbocycles. The highest BCUT2D eigenvalue weighted by atomic mass is 32.2. The second-order valence-electron chi connectivity index (χ2n) is 9.51. The predicted octanol–water partition coefficient (Wildman–Crippen LogP) is 6.17. The molecule has 12 heteroatoms. The fraction of sp³-hybridized carbons (Fsp3) is 0.345. The SMILES string of the molecule is COc1ccccc1N1CCN(C(=O)CCCCSc2nnc(-c3ccco3)n2-c2cccc(C(F)(F)F)c2)CC1.